The van der Waals surface area contributed by atoms with E-state index >= 15 is 0 Å². The third-order valence-corrected chi connectivity index (χ3v) is 3.33. The van der Waals surface area contributed by atoms with E-state index in [1.807, 2.05) is 0 Å². The number of benzene rings is 1. The molecule has 19 heavy (non-hydrogen) atoms. The zero-order valence-electron chi connectivity index (χ0n) is 12.1. The van der Waals surface area contributed by atoms with E-state index in [2.05, 4.69) is 55.9 Å². The van der Waals surface area contributed by atoms with Crippen molar-refractivity contribution in [1.82, 2.24) is 9.97 Å². The monoisotopic (exact) mass is 255 g/mol. The molecule has 3 heteroatoms. The van der Waals surface area contributed by atoms with Crippen molar-refractivity contribution in [2.75, 3.05) is 0 Å². The van der Waals surface area contributed by atoms with E-state index in [4.69, 9.17) is 5.73 Å². The first kappa shape index (κ1) is 13.7. The van der Waals surface area contributed by atoms with Gasteiger partial charge < -0.3 is 5.73 Å². The third kappa shape index (κ3) is 2.82. The van der Waals surface area contributed by atoms with Gasteiger partial charge in [-0.1, -0.05) is 32.9 Å². The molecule has 0 aliphatic carbocycles. The first-order valence-corrected chi connectivity index (χ1v) is 6.55. The van der Waals surface area contributed by atoms with E-state index in [1.54, 1.807) is 12.4 Å². The van der Waals surface area contributed by atoms with Crippen LogP contribution < -0.4 is 5.73 Å². The van der Waals surface area contributed by atoms with Gasteiger partial charge in [0.05, 0.1) is 11.4 Å². The Morgan fingerprint density at radius 2 is 1.79 bits per heavy atom. The predicted octanol–water partition coefficient (Wildman–Crippen LogP) is 3.21. The molecule has 2 aromatic rings. The van der Waals surface area contributed by atoms with Crippen molar-refractivity contribution in [3.8, 4) is 11.3 Å². The van der Waals surface area contributed by atoms with Crippen molar-refractivity contribution < 1.29 is 0 Å². The highest BCUT2D eigenvalue weighted by Gasteiger charge is 2.17. The van der Waals surface area contributed by atoms with Crippen LogP contribution in [0.5, 0.6) is 0 Å². The summed E-state index contributed by atoms with van der Waals surface area (Å²) in [6.07, 6.45) is 3.41. The first-order valence-electron chi connectivity index (χ1n) is 6.55. The van der Waals surface area contributed by atoms with E-state index in [1.165, 1.54) is 11.1 Å². The van der Waals surface area contributed by atoms with Gasteiger partial charge in [0.2, 0.25) is 0 Å². The van der Waals surface area contributed by atoms with Crippen LogP contribution in [0.1, 0.15) is 37.6 Å². The highest BCUT2D eigenvalue weighted by Crippen LogP contribution is 2.30. The molecule has 0 fully saturated rings. The Balaban J connectivity index is 2.61. The van der Waals surface area contributed by atoms with Gasteiger partial charge in [-0.3, -0.25) is 9.97 Å². The molecule has 0 saturated heterocycles. The Bertz CT molecular complexity index is 583. The molecule has 1 heterocycles. The average Bonchev–Trinajstić information content (AvgIpc) is 2.38. The average molecular weight is 255 g/mol. The van der Waals surface area contributed by atoms with Gasteiger partial charge in [-0.15, -0.1) is 0 Å². The Morgan fingerprint density at radius 1 is 1.11 bits per heavy atom. The van der Waals surface area contributed by atoms with Crippen LogP contribution in [-0.2, 0) is 12.0 Å². The van der Waals surface area contributed by atoms with Crippen LogP contribution in [0.4, 0.5) is 0 Å². The lowest BCUT2D eigenvalue weighted by molar-refractivity contribution is 0.590. The number of aromatic nitrogens is 2. The summed E-state index contributed by atoms with van der Waals surface area (Å²) in [5.41, 5.74) is 11.2. The van der Waals surface area contributed by atoms with Gasteiger partial charge in [0.1, 0.15) is 0 Å². The zero-order chi connectivity index (χ0) is 14.0. The van der Waals surface area contributed by atoms with Crippen LogP contribution in [0.25, 0.3) is 11.3 Å². The number of nitrogens with two attached hydrogens (primary N) is 1. The molecule has 0 aliphatic heterocycles. The Labute approximate surface area is 114 Å². The van der Waals surface area contributed by atoms with Gasteiger partial charge in [0.25, 0.3) is 0 Å². The molecular weight excluding hydrogens is 234 g/mol. The molecule has 0 saturated carbocycles. The standard InChI is InChI=1S/C16H21N3/c1-11-5-6-12(16(2,3)4)9-13(11)15-14(10-17)18-7-8-19-15/h5-9H,10,17H2,1-4H3. The molecule has 0 aliphatic rings. The molecule has 1 aromatic carbocycles. The summed E-state index contributed by atoms with van der Waals surface area (Å²) in [6.45, 7) is 9.13. The van der Waals surface area contributed by atoms with E-state index in [9.17, 15) is 0 Å². The summed E-state index contributed by atoms with van der Waals surface area (Å²) in [6, 6.07) is 6.53. The molecular formula is C16H21N3. The van der Waals surface area contributed by atoms with Crippen molar-refractivity contribution in [3.05, 3.63) is 47.4 Å². The highest BCUT2D eigenvalue weighted by molar-refractivity contribution is 5.66. The fourth-order valence-electron chi connectivity index (χ4n) is 2.08. The summed E-state index contributed by atoms with van der Waals surface area (Å²) < 4.78 is 0. The number of hydrogen-bond donors (Lipinski definition) is 1. The summed E-state index contributed by atoms with van der Waals surface area (Å²) in [5.74, 6) is 0. The number of rotatable bonds is 2. The summed E-state index contributed by atoms with van der Waals surface area (Å²) in [7, 11) is 0. The normalized spacial score (nSPS) is 11.6. The maximum absolute atomic E-state index is 5.76. The minimum atomic E-state index is 0.119. The van der Waals surface area contributed by atoms with Crippen LogP contribution in [0.15, 0.2) is 30.6 Å². The van der Waals surface area contributed by atoms with Gasteiger partial charge in [-0.25, -0.2) is 0 Å². The number of hydrogen-bond acceptors (Lipinski definition) is 3. The molecule has 0 amide bonds. The van der Waals surface area contributed by atoms with Crippen LogP contribution in [-0.4, -0.2) is 9.97 Å². The molecule has 100 valence electrons. The molecule has 1 aromatic heterocycles. The second-order valence-electron chi connectivity index (χ2n) is 5.84. The van der Waals surface area contributed by atoms with E-state index in [0.29, 0.717) is 6.54 Å². The van der Waals surface area contributed by atoms with Gasteiger partial charge in [-0.2, -0.15) is 0 Å². The van der Waals surface area contributed by atoms with Crippen molar-refractivity contribution >= 4 is 0 Å². The van der Waals surface area contributed by atoms with Crippen molar-refractivity contribution in [2.45, 2.75) is 39.7 Å². The largest absolute Gasteiger partial charge is 0.325 e. The smallest absolute Gasteiger partial charge is 0.0933 e. The predicted molar refractivity (Wildman–Crippen MR) is 78.8 cm³/mol. The van der Waals surface area contributed by atoms with Crippen molar-refractivity contribution in [3.63, 3.8) is 0 Å². The summed E-state index contributed by atoms with van der Waals surface area (Å²) >= 11 is 0. The maximum atomic E-state index is 5.76. The molecule has 0 spiro atoms. The molecule has 2 rings (SSSR count). The Hall–Kier alpha value is -1.74. The lowest BCUT2D eigenvalue weighted by Gasteiger charge is -2.21. The van der Waals surface area contributed by atoms with Crippen LogP contribution in [0.2, 0.25) is 0 Å². The molecule has 0 unspecified atom stereocenters. The third-order valence-electron chi connectivity index (χ3n) is 3.33. The number of nitrogens with zero attached hydrogens (tertiary/aromatic N) is 2. The van der Waals surface area contributed by atoms with Gasteiger partial charge in [0, 0.05) is 24.5 Å². The Morgan fingerprint density at radius 3 is 2.42 bits per heavy atom. The van der Waals surface area contributed by atoms with Crippen LogP contribution in [0, 0.1) is 6.92 Å². The molecule has 0 atom stereocenters. The van der Waals surface area contributed by atoms with E-state index in [0.717, 1.165) is 17.0 Å². The topological polar surface area (TPSA) is 51.8 Å². The van der Waals surface area contributed by atoms with Crippen molar-refractivity contribution in [2.24, 2.45) is 5.73 Å². The van der Waals surface area contributed by atoms with E-state index in [-0.39, 0.29) is 5.41 Å². The fourth-order valence-corrected chi connectivity index (χ4v) is 2.08. The second-order valence-corrected chi connectivity index (χ2v) is 5.84. The first-order chi connectivity index (χ1) is 8.93. The quantitative estimate of drug-likeness (QED) is 0.896. The second kappa shape index (κ2) is 5.10. The van der Waals surface area contributed by atoms with Gasteiger partial charge in [0.15, 0.2) is 0 Å². The summed E-state index contributed by atoms with van der Waals surface area (Å²) in [4.78, 5) is 8.78. The lowest BCUT2D eigenvalue weighted by atomic mass is 9.84. The van der Waals surface area contributed by atoms with Crippen LogP contribution in [0.3, 0.4) is 0 Å². The van der Waals surface area contributed by atoms with Gasteiger partial charge >= 0.3 is 0 Å². The molecule has 2 N–H and O–H groups in total. The van der Waals surface area contributed by atoms with Crippen molar-refractivity contribution in [1.29, 1.82) is 0 Å². The minimum absolute atomic E-state index is 0.119. The fraction of sp³-hybridized carbons (Fsp3) is 0.375. The Kier molecular flexibility index (Phi) is 3.67. The lowest BCUT2D eigenvalue weighted by Crippen LogP contribution is -2.12. The number of aryl methyl sites for hydroxylation is 1. The molecule has 3 nitrogen and oxygen atoms in total. The summed E-state index contributed by atoms with van der Waals surface area (Å²) in [5, 5.41) is 0. The van der Waals surface area contributed by atoms with E-state index < -0.39 is 0 Å². The minimum Gasteiger partial charge on any atom is -0.325 e. The molecule has 0 bridgehead atoms. The van der Waals surface area contributed by atoms with Crippen LogP contribution >= 0.6 is 0 Å². The zero-order valence-corrected chi connectivity index (χ0v) is 12.1. The maximum Gasteiger partial charge on any atom is 0.0933 e. The molecule has 0 radical (unpaired) electrons. The highest BCUT2D eigenvalue weighted by atomic mass is 14.8. The SMILES string of the molecule is Cc1ccc(C(C)(C)C)cc1-c1nccnc1CN. The van der Waals surface area contributed by atoms with Gasteiger partial charge in [-0.05, 0) is 29.5 Å².